The SMILES string of the molecule is Cc1ccccc1C(=O)c1nccn1CCCN. The van der Waals surface area contributed by atoms with Gasteiger partial charge in [0.2, 0.25) is 5.78 Å². The molecule has 2 aromatic rings. The minimum absolute atomic E-state index is 0.0323. The summed E-state index contributed by atoms with van der Waals surface area (Å²) in [6.07, 6.45) is 4.31. The summed E-state index contributed by atoms with van der Waals surface area (Å²) in [7, 11) is 0. The van der Waals surface area contributed by atoms with Crippen molar-refractivity contribution in [3.63, 3.8) is 0 Å². The number of hydrogen-bond acceptors (Lipinski definition) is 3. The van der Waals surface area contributed by atoms with Gasteiger partial charge in [0.05, 0.1) is 0 Å². The lowest BCUT2D eigenvalue weighted by Crippen LogP contribution is -2.14. The molecule has 2 N–H and O–H groups in total. The van der Waals surface area contributed by atoms with Crippen molar-refractivity contribution in [2.45, 2.75) is 19.9 Å². The number of rotatable bonds is 5. The van der Waals surface area contributed by atoms with Crippen LogP contribution in [0.5, 0.6) is 0 Å². The zero-order valence-corrected chi connectivity index (χ0v) is 10.5. The highest BCUT2D eigenvalue weighted by Gasteiger charge is 2.16. The second kappa shape index (κ2) is 5.60. The second-order valence-corrected chi connectivity index (χ2v) is 4.23. The molecule has 0 amide bonds. The van der Waals surface area contributed by atoms with Crippen LogP contribution >= 0.6 is 0 Å². The van der Waals surface area contributed by atoms with E-state index < -0.39 is 0 Å². The van der Waals surface area contributed by atoms with Gasteiger partial charge in [-0.15, -0.1) is 0 Å². The maximum atomic E-state index is 12.4. The third kappa shape index (κ3) is 2.49. The van der Waals surface area contributed by atoms with Crippen LogP contribution < -0.4 is 5.73 Å². The van der Waals surface area contributed by atoms with E-state index in [0.29, 0.717) is 17.9 Å². The van der Waals surface area contributed by atoms with E-state index in [4.69, 9.17) is 5.73 Å². The molecule has 0 unspecified atom stereocenters. The molecule has 0 atom stereocenters. The first kappa shape index (κ1) is 12.5. The summed E-state index contributed by atoms with van der Waals surface area (Å²) in [6.45, 7) is 3.26. The van der Waals surface area contributed by atoms with Gasteiger partial charge in [0.25, 0.3) is 0 Å². The van der Waals surface area contributed by atoms with Gasteiger partial charge in [-0.25, -0.2) is 4.98 Å². The Kier molecular flexibility index (Phi) is 3.89. The molecule has 1 aromatic heterocycles. The van der Waals surface area contributed by atoms with Gasteiger partial charge in [-0.2, -0.15) is 0 Å². The Bertz CT molecular complexity index is 545. The molecule has 0 saturated carbocycles. The predicted molar refractivity (Wildman–Crippen MR) is 70.5 cm³/mol. The van der Waals surface area contributed by atoms with Crippen molar-refractivity contribution in [3.8, 4) is 0 Å². The number of nitrogens with two attached hydrogens (primary N) is 1. The Morgan fingerprint density at radius 1 is 1.39 bits per heavy atom. The second-order valence-electron chi connectivity index (χ2n) is 4.23. The molecule has 0 bridgehead atoms. The maximum Gasteiger partial charge on any atom is 0.228 e. The molecule has 0 saturated heterocycles. The summed E-state index contributed by atoms with van der Waals surface area (Å²) in [5, 5.41) is 0. The van der Waals surface area contributed by atoms with Gasteiger partial charge >= 0.3 is 0 Å². The van der Waals surface area contributed by atoms with E-state index in [-0.39, 0.29) is 5.78 Å². The van der Waals surface area contributed by atoms with Crippen molar-refractivity contribution in [2.75, 3.05) is 6.54 Å². The molecular formula is C14H17N3O. The molecule has 94 valence electrons. The Balaban J connectivity index is 2.29. The van der Waals surface area contributed by atoms with Crippen LogP contribution in [0, 0.1) is 6.92 Å². The highest BCUT2D eigenvalue weighted by Crippen LogP contribution is 2.13. The summed E-state index contributed by atoms with van der Waals surface area (Å²) in [5.74, 6) is 0.452. The van der Waals surface area contributed by atoms with Crippen molar-refractivity contribution in [3.05, 3.63) is 53.6 Å². The minimum Gasteiger partial charge on any atom is -0.330 e. The molecule has 4 heteroatoms. The number of aryl methyl sites for hydroxylation is 2. The third-order valence-corrected chi connectivity index (χ3v) is 2.91. The molecule has 0 aliphatic rings. The monoisotopic (exact) mass is 243 g/mol. The number of benzene rings is 1. The molecule has 0 spiro atoms. The molecule has 0 aliphatic heterocycles. The van der Waals surface area contributed by atoms with Crippen molar-refractivity contribution < 1.29 is 4.79 Å². The zero-order chi connectivity index (χ0) is 13.0. The molecule has 1 heterocycles. The van der Waals surface area contributed by atoms with Gasteiger partial charge in [0.15, 0.2) is 5.82 Å². The highest BCUT2D eigenvalue weighted by molar-refractivity contribution is 6.07. The van der Waals surface area contributed by atoms with Gasteiger partial charge < -0.3 is 10.3 Å². The van der Waals surface area contributed by atoms with Gasteiger partial charge in [0, 0.05) is 24.5 Å². The largest absolute Gasteiger partial charge is 0.330 e. The third-order valence-electron chi connectivity index (χ3n) is 2.91. The van der Waals surface area contributed by atoms with Crippen LogP contribution in [0.2, 0.25) is 0 Å². The Hall–Kier alpha value is -1.94. The van der Waals surface area contributed by atoms with E-state index in [1.54, 1.807) is 6.20 Å². The zero-order valence-electron chi connectivity index (χ0n) is 10.5. The number of nitrogens with zero attached hydrogens (tertiary/aromatic N) is 2. The average molecular weight is 243 g/mol. The number of aromatic nitrogens is 2. The van der Waals surface area contributed by atoms with Crippen LogP contribution in [0.25, 0.3) is 0 Å². The highest BCUT2D eigenvalue weighted by atomic mass is 16.1. The standard InChI is InChI=1S/C14H17N3O/c1-11-5-2-3-6-12(11)13(18)14-16-8-10-17(14)9-4-7-15/h2-3,5-6,8,10H,4,7,9,15H2,1H3. The number of carbonyl (C=O) groups excluding carboxylic acids is 1. The number of ketones is 1. The summed E-state index contributed by atoms with van der Waals surface area (Å²) >= 11 is 0. The molecule has 2 rings (SSSR count). The van der Waals surface area contributed by atoms with Crippen molar-refractivity contribution in [2.24, 2.45) is 5.73 Å². The number of imidazole rings is 1. The van der Waals surface area contributed by atoms with Crippen LogP contribution in [-0.4, -0.2) is 21.9 Å². The first-order valence-electron chi connectivity index (χ1n) is 6.05. The lowest BCUT2D eigenvalue weighted by atomic mass is 10.0. The molecular weight excluding hydrogens is 226 g/mol. The smallest absolute Gasteiger partial charge is 0.228 e. The lowest BCUT2D eigenvalue weighted by molar-refractivity contribution is 0.102. The Morgan fingerprint density at radius 2 is 2.17 bits per heavy atom. The first-order valence-corrected chi connectivity index (χ1v) is 6.05. The van der Waals surface area contributed by atoms with Crippen LogP contribution in [0.15, 0.2) is 36.7 Å². The average Bonchev–Trinajstić information content (AvgIpc) is 2.84. The van der Waals surface area contributed by atoms with Crippen LogP contribution in [0.3, 0.4) is 0 Å². The molecule has 18 heavy (non-hydrogen) atoms. The molecule has 1 aromatic carbocycles. The minimum atomic E-state index is -0.0323. The number of hydrogen-bond donors (Lipinski definition) is 1. The van der Waals surface area contributed by atoms with E-state index in [1.807, 2.05) is 42.0 Å². The molecule has 0 fully saturated rings. The Morgan fingerprint density at radius 3 is 2.89 bits per heavy atom. The summed E-state index contributed by atoms with van der Waals surface area (Å²) in [4.78, 5) is 16.6. The van der Waals surface area contributed by atoms with Crippen molar-refractivity contribution in [1.29, 1.82) is 0 Å². The topological polar surface area (TPSA) is 60.9 Å². The van der Waals surface area contributed by atoms with Gasteiger partial charge in [-0.3, -0.25) is 4.79 Å². The van der Waals surface area contributed by atoms with E-state index >= 15 is 0 Å². The van der Waals surface area contributed by atoms with E-state index in [1.165, 1.54) is 0 Å². The summed E-state index contributed by atoms with van der Waals surface area (Å²) in [5.41, 5.74) is 7.16. The predicted octanol–water partition coefficient (Wildman–Crippen LogP) is 1.77. The fraction of sp³-hybridized carbons (Fsp3) is 0.286. The van der Waals surface area contributed by atoms with Gasteiger partial charge in [-0.1, -0.05) is 24.3 Å². The Labute approximate surface area is 106 Å². The van der Waals surface area contributed by atoms with Crippen molar-refractivity contribution in [1.82, 2.24) is 9.55 Å². The fourth-order valence-electron chi connectivity index (χ4n) is 1.91. The van der Waals surface area contributed by atoms with Crippen LogP contribution in [-0.2, 0) is 6.54 Å². The normalized spacial score (nSPS) is 10.6. The molecule has 4 nitrogen and oxygen atoms in total. The van der Waals surface area contributed by atoms with E-state index in [2.05, 4.69) is 4.98 Å². The van der Waals surface area contributed by atoms with E-state index in [0.717, 1.165) is 18.5 Å². The first-order chi connectivity index (χ1) is 8.74. The lowest BCUT2D eigenvalue weighted by Gasteiger charge is -2.07. The maximum absolute atomic E-state index is 12.4. The van der Waals surface area contributed by atoms with Gasteiger partial charge in [-0.05, 0) is 25.5 Å². The number of carbonyl (C=O) groups is 1. The molecule has 0 aliphatic carbocycles. The van der Waals surface area contributed by atoms with Crippen LogP contribution in [0.1, 0.15) is 28.2 Å². The van der Waals surface area contributed by atoms with E-state index in [9.17, 15) is 4.79 Å². The fourth-order valence-corrected chi connectivity index (χ4v) is 1.91. The quantitative estimate of drug-likeness (QED) is 0.814. The van der Waals surface area contributed by atoms with Gasteiger partial charge in [0.1, 0.15) is 0 Å². The summed E-state index contributed by atoms with van der Waals surface area (Å²) < 4.78 is 1.86. The van der Waals surface area contributed by atoms with Crippen LogP contribution in [0.4, 0.5) is 0 Å². The van der Waals surface area contributed by atoms with Crippen molar-refractivity contribution >= 4 is 5.78 Å². The summed E-state index contributed by atoms with van der Waals surface area (Å²) in [6, 6.07) is 7.56. The molecule has 0 radical (unpaired) electrons.